The van der Waals surface area contributed by atoms with Gasteiger partial charge >= 0.3 is 6.03 Å². The van der Waals surface area contributed by atoms with E-state index < -0.39 is 11.9 Å². The van der Waals surface area contributed by atoms with Gasteiger partial charge in [-0.25, -0.2) is 9.18 Å². The molecule has 1 heterocycles. The number of rotatable bonds is 8. The maximum absolute atomic E-state index is 13.2. The van der Waals surface area contributed by atoms with Crippen molar-refractivity contribution in [2.45, 2.75) is 20.1 Å². The van der Waals surface area contributed by atoms with E-state index in [4.69, 9.17) is 9.47 Å². The zero-order chi connectivity index (χ0) is 26.6. The number of halogens is 2. The summed E-state index contributed by atoms with van der Waals surface area (Å²) in [4.78, 5) is 26.5. The number of ether oxygens (including phenoxy) is 2. The third-order valence-corrected chi connectivity index (χ3v) is 6.65. The number of carbonyl (C=O) groups excluding carboxylic acids is 2. The zero-order valence-electron chi connectivity index (χ0n) is 20.5. The minimum atomic E-state index is -0.537. The monoisotopic (exact) mass is 574 g/mol. The average Bonchev–Trinajstić information content (AvgIpc) is 3.16. The lowest BCUT2D eigenvalue weighted by molar-refractivity contribution is -0.123. The van der Waals surface area contributed by atoms with E-state index in [-0.39, 0.29) is 18.1 Å². The van der Waals surface area contributed by atoms with Crippen molar-refractivity contribution in [1.82, 2.24) is 10.2 Å². The lowest BCUT2D eigenvalue weighted by Crippen LogP contribution is -2.30. The van der Waals surface area contributed by atoms with Gasteiger partial charge in [0.1, 0.15) is 18.1 Å². The second-order valence-corrected chi connectivity index (χ2v) is 9.59. The molecule has 0 spiro atoms. The quantitative estimate of drug-likeness (QED) is 0.185. The summed E-state index contributed by atoms with van der Waals surface area (Å²) in [6.07, 6.45) is 1.59. The van der Waals surface area contributed by atoms with Crippen LogP contribution in [0.3, 0.4) is 0 Å². The van der Waals surface area contributed by atoms with Crippen LogP contribution < -0.4 is 14.8 Å². The molecule has 3 amide bonds. The topological polar surface area (TPSA) is 67.9 Å². The van der Waals surface area contributed by atoms with Crippen molar-refractivity contribution in [1.29, 1.82) is 0 Å². The normalized spacial score (nSPS) is 14.3. The van der Waals surface area contributed by atoms with E-state index in [9.17, 15) is 14.0 Å². The second-order valence-electron chi connectivity index (χ2n) is 8.74. The SMILES string of the molecule is CCOc1cc(/C=C2/NC(=O)N(Cc3ccc(F)cc3)C2=O)cc(Br)c1OCc1ccc2ccccc2c1. The summed E-state index contributed by atoms with van der Waals surface area (Å²) in [6.45, 7) is 2.68. The zero-order valence-corrected chi connectivity index (χ0v) is 22.1. The first-order valence-electron chi connectivity index (χ1n) is 12.1. The fraction of sp³-hybridized carbons (Fsp3) is 0.133. The van der Waals surface area contributed by atoms with Gasteiger partial charge in [0.25, 0.3) is 5.91 Å². The molecule has 5 rings (SSSR count). The lowest BCUT2D eigenvalue weighted by Gasteiger charge is -2.15. The molecule has 0 saturated carbocycles. The molecule has 0 aromatic heterocycles. The van der Waals surface area contributed by atoms with Gasteiger partial charge in [-0.1, -0.05) is 48.5 Å². The molecule has 0 bridgehead atoms. The molecular formula is C30H24BrFN2O4. The number of nitrogens with one attached hydrogen (secondary N) is 1. The van der Waals surface area contributed by atoms with Gasteiger partial charge in [-0.3, -0.25) is 9.69 Å². The highest BCUT2D eigenvalue weighted by Crippen LogP contribution is 2.38. The first-order chi connectivity index (χ1) is 18.4. The van der Waals surface area contributed by atoms with Crippen LogP contribution in [0.25, 0.3) is 16.8 Å². The van der Waals surface area contributed by atoms with Crippen molar-refractivity contribution in [2.75, 3.05) is 6.61 Å². The van der Waals surface area contributed by atoms with Gasteiger partial charge in [0, 0.05) is 0 Å². The molecule has 8 heteroatoms. The Kier molecular flexibility index (Phi) is 7.42. The number of hydrogen-bond donors (Lipinski definition) is 1. The molecule has 0 aliphatic carbocycles. The Morgan fingerprint density at radius 2 is 1.66 bits per heavy atom. The van der Waals surface area contributed by atoms with Crippen molar-refractivity contribution in [3.05, 3.63) is 112 Å². The maximum Gasteiger partial charge on any atom is 0.329 e. The number of fused-ring (bicyclic) bond motifs is 1. The number of nitrogens with zero attached hydrogens (tertiary/aromatic N) is 1. The Bertz CT molecular complexity index is 1550. The van der Waals surface area contributed by atoms with Crippen LogP contribution in [0, 0.1) is 5.82 Å². The van der Waals surface area contributed by atoms with Gasteiger partial charge in [0.05, 0.1) is 17.6 Å². The number of amides is 3. The van der Waals surface area contributed by atoms with Crippen LogP contribution in [0.15, 0.2) is 89.0 Å². The minimum Gasteiger partial charge on any atom is -0.490 e. The average molecular weight is 575 g/mol. The molecule has 1 N–H and O–H groups in total. The Balaban J connectivity index is 1.35. The summed E-state index contributed by atoms with van der Waals surface area (Å²) in [6, 6.07) is 23.0. The van der Waals surface area contributed by atoms with Gasteiger partial charge in [0.15, 0.2) is 11.5 Å². The number of urea groups is 1. The summed E-state index contributed by atoms with van der Waals surface area (Å²) in [5.74, 6) is 0.202. The van der Waals surface area contributed by atoms with E-state index >= 15 is 0 Å². The van der Waals surface area contributed by atoms with E-state index in [2.05, 4.69) is 45.5 Å². The van der Waals surface area contributed by atoms with Crippen LogP contribution in [0.1, 0.15) is 23.6 Å². The highest BCUT2D eigenvalue weighted by atomic mass is 79.9. The van der Waals surface area contributed by atoms with Gasteiger partial charge in [-0.05, 0) is 86.7 Å². The molecule has 1 saturated heterocycles. The van der Waals surface area contributed by atoms with Crippen LogP contribution in [-0.2, 0) is 17.9 Å². The highest BCUT2D eigenvalue weighted by molar-refractivity contribution is 9.10. The number of carbonyl (C=O) groups is 2. The van der Waals surface area contributed by atoms with Crippen molar-refractivity contribution in [2.24, 2.45) is 0 Å². The minimum absolute atomic E-state index is 0.0394. The molecule has 4 aromatic rings. The third kappa shape index (κ3) is 5.55. The van der Waals surface area contributed by atoms with E-state index in [0.717, 1.165) is 21.2 Å². The van der Waals surface area contributed by atoms with Crippen molar-refractivity contribution < 1.29 is 23.5 Å². The number of imide groups is 1. The van der Waals surface area contributed by atoms with Gasteiger partial charge in [-0.2, -0.15) is 0 Å². The molecule has 0 unspecified atom stereocenters. The summed E-state index contributed by atoms with van der Waals surface area (Å²) in [5.41, 5.74) is 2.44. The summed E-state index contributed by atoms with van der Waals surface area (Å²) in [5, 5.41) is 4.91. The van der Waals surface area contributed by atoms with Crippen molar-refractivity contribution >= 4 is 44.7 Å². The molecule has 192 valence electrons. The maximum atomic E-state index is 13.2. The second kappa shape index (κ2) is 11.1. The predicted octanol–water partition coefficient (Wildman–Crippen LogP) is 6.81. The summed E-state index contributed by atoms with van der Waals surface area (Å²) >= 11 is 3.57. The molecule has 0 radical (unpaired) electrons. The highest BCUT2D eigenvalue weighted by Gasteiger charge is 2.33. The molecule has 1 fully saturated rings. The van der Waals surface area contributed by atoms with Crippen molar-refractivity contribution in [3.63, 3.8) is 0 Å². The third-order valence-electron chi connectivity index (χ3n) is 6.06. The molecule has 0 atom stereocenters. The molecule has 38 heavy (non-hydrogen) atoms. The van der Waals surface area contributed by atoms with E-state index in [1.165, 1.54) is 12.1 Å². The smallest absolute Gasteiger partial charge is 0.329 e. The molecular weight excluding hydrogens is 551 g/mol. The van der Waals surface area contributed by atoms with E-state index in [1.54, 1.807) is 30.3 Å². The van der Waals surface area contributed by atoms with E-state index in [1.807, 2.05) is 25.1 Å². The molecule has 4 aromatic carbocycles. The molecule has 1 aliphatic rings. The Hall–Kier alpha value is -4.17. The first kappa shape index (κ1) is 25.5. The predicted molar refractivity (Wildman–Crippen MR) is 147 cm³/mol. The van der Waals surface area contributed by atoms with Gasteiger partial charge in [-0.15, -0.1) is 0 Å². The van der Waals surface area contributed by atoms with Crippen molar-refractivity contribution in [3.8, 4) is 11.5 Å². The Labute approximate surface area is 227 Å². The summed E-state index contributed by atoms with van der Waals surface area (Å²) < 4.78 is 25.8. The summed E-state index contributed by atoms with van der Waals surface area (Å²) in [7, 11) is 0. The molecule has 6 nitrogen and oxygen atoms in total. The standard InChI is InChI=1S/C30H24BrFN2O4/c1-2-37-27-16-21(15-26-29(35)34(30(36)33-26)17-19-8-11-24(32)12-9-19)14-25(31)28(27)38-18-20-7-10-22-5-3-4-6-23(22)13-20/h3-16H,2,17-18H2,1H3,(H,33,36)/b26-15+. The van der Waals surface area contributed by atoms with Gasteiger partial charge in [0.2, 0.25) is 0 Å². The van der Waals surface area contributed by atoms with Crippen LogP contribution in [0.5, 0.6) is 11.5 Å². The molecule has 1 aliphatic heterocycles. The number of benzene rings is 4. The Morgan fingerprint density at radius 3 is 2.42 bits per heavy atom. The van der Waals surface area contributed by atoms with Crippen LogP contribution in [0.4, 0.5) is 9.18 Å². The fourth-order valence-corrected chi connectivity index (χ4v) is 4.79. The Morgan fingerprint density at radius 1 is 0.921 bits per heavy atom. The largest absolute Gasteiger partial charge is 0.490 e. The van der Waals surface area contributed by atoms with E-state index in [0.29, 0.717) is 40.3 Å². The fourth-order valence-electron chi connectivity index (χ4n) is 4.21. The van der Waals surface area contributed by atoms with Gasteiger partial charge < -0.3 is 14.8 Å². The van der Waals surface area contributed by atoms with Crippen LogP contribution in [-0.4, -0.2) is 23.4 Å². The van der Waals surface area contributed by atoms with Crippen LogP contribution in [0.2, 0.25) is 0 Å². The van der Waals surface area contributed by atoms with Crippen LogP contribution >= 0.6 is 15.9 Å². The lowest BCUT2D eigenvalue weighted by atomic mass is 10.1. The first-order valence-corrected chi connectivity index (χ1v) is 12.9. The number of hydrogen-bond acceptors (Lipinski definition) is 4.